The molecule has 0 aromatic heterocycles. The van der Waals surface area contributed by atoms with E-state index in [9.17, 15) is 10.0 Å². The number of piperidine rings is 1. The molecule has 1 amide bonds. The first-order valence-electron chi connectivity index (χ1n) is 8.43. The molecule has 2 aliphatic rings. The monoisotopic (exact) mass is 296 g/mol. The smallest absolute Gasteiger partial charge is 0.219 e. The minimum atomic E-state index is -0.297. The fourth-order valence-corrected chi connectivity index (χ4v) is 4.59. The Balaban J connectivity index is 2.22. The van der Waals surface area contributed by atoms with Crippen molar-refractivity contribution in [3.63, 3.8) is 0 Å². The highest BCUT2D eigenvalue weighted by Crippen LogP contribution is 2.40. The Kier molecular flexibility index (Phi) is 4.69. The molecular formula is C17H32N2O2. The van der Waals surface area contributed by atoms with Crippen molar-refractivity contribution in [2.45, 2.75) is 103 Å². The molecule has 1 aliphatic carbocycles. The first kappa shape index (κ1) is 16.8. The van der Waals surface area contributed by atoms with Gasteiger partial charge in [-0.3, -0.25) is 4.79 Å². The molecule has 2 rings (SSSR count). The Bertz CT molecular complexity index is 368. The van der Waals surface area contributed by atoms with Crippen LogP contribution in [0.3, 0.4) is 0 Å². The van der Waals surface area contributed by atoms with Gasteiger partial charge in [-0.1, -0.05) is 19.3 Å². The fourth-order valence-electron chi connectivity index (χ4n) is 4.59. The average molecular weight is 296 g/mol. The third-order valence-corrected chi connectivity index (χ3v) is 5.34. The molecule has 122 valence electrons. The summed E-state index contributed by atoms with van der Waals surface area (Å²) in [6, 6.07) is 0.636. The van der Waals surface area contributed by atoms with Crippen molar-refractivity contribution in [3.8, 4) is 0 Å². The van der Waals surface area contributed by atoms with Gasteiger partial charge in [0.05, 0.1) is 0 Å². The summed E-state index contributed by atoms with van der Waals surface area (Å²) in [6.07, 6.45) is 7.72. The fraction of sp³-hybridized carbons (Fsp3) is 0.941. The van der Waals surface area contributed by atoms with Gasteiger partial charge < -0.3 is 10.1 Å². The zero-order chi connectivity index (χ0) is 15.8. The van der Waals surface area contributed by atoms with Gasteiger partial charge in [0.1, 0.15) is 0 Å². The summed E-state index contributed by atoms with van der Waals surface area (Å²) >= 11 is 0. The summed E-state index contributed by atoms with van der Waals surface area (Å²) in [7, 11) is 0. The van der Waals surface area contributed by atoms with Crippen LogP contribution in [0.5, 0.6) is 0 Å². The summed E-state index contributed by atoms with van der Waals surface area (Å²) < 4.78 is 0. The van der Waals surface area contributed by atoms with Gasteiger partial charge in [-0.05, 0) is 53.4 Å². The Morgan fingerprint density at radius 1 is 1.00 bits per heavy atom. The van der Waals surface area contributed by atoms with Crippen molar-refractivity contribution in [2.75, 3.05) is 0 Å². The van der Waals surface area contributed by atoms with Crippen LogP contribution in [0.15, 0.2) is 0 Å². The number of nitrogens with zero attached hydrogens (tertiary/aromatic N) is 2. The predicted molar refractivity (Wildman–Crippen MR) is 84.2 cm³/mol. The first-order chi connectivity index (χ1) is 9.65. The Morgan fingerprint density at radius 3 is 1.90 bits per heavy atom. The van der Waals surface area contributed by atoms with Crippen molar-refractivity contribution >= 4 is 5.91 Å². The normalized spacial score (nSPS) is 27.5. The van der Waals surface area contributed by atoms with Crippen LogP contribution in [-0.4, -0.2) is 44.2 Å². The second kappa shape index (κ2) is 5.88. The summed E-state index contributed by atoms with van der Waals surface area (Å²) in [4.78, 5) is 14.4. The molecule has 0 aromatic carbocycles. The molecule has 0 bridgehead atoms. The van der Waals surface area contributed by atoms with E-state index in [1.165, 1.54) is 24.3 Å². The zero-order valence-electron chi connectivity index (χ0n) is 14.4. The van der Waals surface area contributed by atoms with Gasteiger partial charge in [-0.2, -0.15) is 5.06 Å². The molecule has 1 saturated heterocycles. The maximum absolute atomic E-state index is 12.3. The number of hydroxylamine groups is 2. The zero-order valence-corrected chi connectivity index (χ0v) is 14.4. The van der Waals surface area contributed by atoms with E-state index in [-0.39, 0.29) is 23.0 Å². The summed E-state index contributed by atoms with van der Waals surface area (Å²) in [5.41, 5.74) is -0.594. The van der Waals surface area contributed by atoms with Crippen molar-refractivity contribution < 1.29 is 10.0 Å². The summed E-state index contributed by atoms with van der Waals surface area (Å²) in [5.74, 6) is 0.199. The van der Waals surface area contributed by atoms with Gasteiger partial charge in [0.25, 0.3) is 0 Å². The van der Waals surface area contributed by atoms with Crippen molar-refractivity contribution in [2.24, 2.45) is 0 Å². The molecule has 1 saturated carbocycles. The third-order valence-electron chi connectivity index (χ3n) is 5.34. The minimum Gasteiger partial charge on any atom is -0.337 e. The van der Waals surface area contributed by atoms with Crippen LogP contribution in [0.25, 0.3) is 0 Å². The number of hydrogen-bond acceptors (Lipinski definition) is 3. The largest absolute Gasteiger partial charge is 0.337 e. The lowest BCUT2D eigenvalue weighted by molar-refractivity contribution is -0.252. The van der Waals surface area contributed by atoms with Crippen LogP contribution in [0, 0.1) is 0 Å². The predicted octanol–water partition coefficient (Wildman–Crippen LogP) is 3.58. The van der Waals surface area contributed by atoms with Crippen LogP contribution in [-0.2, 0) is 4.79 Å². The van der Waals surface area contributed by atoms with Gasteiger partial charge in [-0.25, -0.2) is 0 Å². The second-order valence-corrected chi connectivity index (χ2v) is 8.22. The number of carbonyl (C=O) groups excluding carboxylic acids is 1. The van der Waals surface area contributed by atoms with Crippen molar-refractivity contribution in [1.29, 1.82) is 0 Å². The maximum atomic E-state index is 12.3. The maximum Gasteiger partial charge on any atom is 0.219 e. The van der Waals surface area contributed by atoms with Gasteiger partial charge in [-0.15, -0.1) is 0 Å². The molecule has 2 fully saturated rings. The summed E-state index contributed by atoms with van der Waals surface area (Å²) in [6.45, 7) is 9.99. The molecule has 21 heavy (non-hydrogen) atoms. The number of amides is 1. The van der Waals surface area contributed by atoms with Crippen molar-refractivity contribution in [1.82, 2.24) is 9.96 Å². The minimum absolute atomic E-state index is 0.199. The highest BCUT2D eigenvalue weighted by Gasteiger charge is 2.48. The highest BCUT2D eigenvalue weighted by molar-refractivity contribution is 5.74. The molecule has 0 atom stereocenters. The summed E-state index contributed by atoms with van der Waals surface area (Å²) in [5, 5.41) is 11.9. The molecule has 4 nitrogen and oxygen atoms in total. The SMILES string of the molecule is CC(=O)N(C1CCCCC1)C1CC(C)(C)N(O)C(C)(C)C1. The molecule has 0 spiro atoms. The van der Waals surface area contributed by atoms with E-state index in [1.54, 1.807) is 6.92 Å². The molecular weight excluding hydrogens is 264 g/mol. The second-order valence-electron chi connectivity index (χ2n) is 8.22. The molecule has 1 heterocycles. The van der Waals surface area contributed by atoms with Gasteiger partial charge >= 0.3 is 0 Å². The molecule has 0 radical (unpaired) electrons. The quantitative estimate of drug-likeness (QED) is 0.847. The van der Waals surface area contributed by atoms with Crippen LogP contribution in [0.1, 0.15) is 79.6 Å². The van der Waals surface area contributed by atoms with E-state index in [0.29, 0.717) is 6.04 Å². The lowest BCUT2D eigenvalue weighted by Crippen LogP contribution is -2.64. The van der Waals surface area contributed by atoms with E-state index in [2.05, 4.69) is 32.6 Å². The van der Waals surface area contributed by atoms with Crippen molar-refractivity contribution in [3.05, 3.63) is 0 Å². The standard InChI is InChI=1S/C17H32N2O2/c1-13(20)18(14-9-7-6-8-10-14)15-11-16(2,3)19(21)17(4,5)12-15/h14-15,21H,6-12H2,1-5H3. The molecule has 4 heteroatoms. The molecule has 1 N–H and O–H groups in total. The van der Waals surface area contributed by atoms with Crippen LogP contribution < -0.4 is 0 Å². The molecule has 1 aliphatic heterocycles. The Labute approximate surface area is 129 Å². The van der Waals surface area contributed by atoms with Crippen LogP contribution in [0.4, 0.5) is 0 Å². The van der Waals surface area contributed by atoms with Gasteiger partial charge in [0.2, 0.25) is 5.91 Å². The number of carbonyl (C=O) groups is 1. The van der Waals surface area contributed by atoms with E-state index >= 15 is 0 Å². The molecule has 0 aromatic rings. The van der Waals surface area contributed by atoms with E-state index in [4.69, 9.17) is 0 Å². The van der Waals surface area contributed by atoms with Gasteiger partial charge in [0, 0.05) is 30.1 Å². The Morgan fingerprint density at radius 2 is 1.48 bits per heavy atom. The number of rotatable bonds is 2. The van der Waals surface area contributed by atoms with E-state index in [0.717, 1.165) is 25.7 Å². The Hall–Kier alpha value is -0.610. The molecule has 0 unspecified atom stereocenters. The number of hydrogen-bond donors (Lipinski definition) is 1. The van der Waals surface area contributed by atoms with Crippen LogP contribution >= 0.6 is 0 Å². The van der Waals surface area contributed by atoms with E-state index < -0.39 is 0 Å². The first-order valence-corrected chi connectivity index (χ1v) is 8.43. The van der Waals surface area contributed by atoms with Crippen LogP contribution in [0.2, 0.25) is 0 Å². The average Bonchev–Trinajstić information content (AvgIpc) is 2.36. The van der Waals surface area contributed by atoms with E-state index in [1.807, 2.05) is 0 Å². The van der Waals surface area contributed by atoms with Gasteiger partial charge in [0.15, 0.2) is 0 Å². The highest BCUT2D eigenvalue weighted by atomic mass is 16.5. The third kappa shape index (κ3) is 3.42. The topological polar surface area (TPSA) is 43.8 Å². The lowest BCUT2D eigenvalue weighted by atomic mass is 9.77. The lowest BCUT2D eigenvalue weighted by Gasteiger charge is -2.55.